The van der Waals surface area contributed by atoms with Crippen molar-refractivity contribution in [2.75, 3.05) is 32.6 Å². The van der Waals surface area contributed by atoms with Crippen molar-refractivity contribution in [2.24, 2.45) is 0 Å². The lowest BCUT2D eigenvalue weighted by atomic mass is 10.1. The summed E-state index contributed by atoms with van der Waals surface area (Å²) in [5, 5.41) is 3.91. The number of hydrogen-bond donors (Lipinski definition) is 1. The number of nitrogens with zero attached hydrogens (tertiary/aromatic N) is 1. The van der Waals surface area contributed by atoms with E-state index in [0.29, 0.717) is 16.6 Å². The second kappa shape index (κ2) is 6.95. The minimum absolute atomic E-state index is 0.403. The van der Waals surface area contributed by atoms with Crippen molar-refractivity contribution in [3.8, 4) is 0 Å². The Morgan fingerprint density at radius 1 is 1.40 bits per heavy atom. The summed E-state index contributed by atoms with van der Waals surface area (Å²) in [7, 11) is 3.51. The van der Waals surface area contributed by atoms with Crippen LogP contribution in [0.15, 0.2) is 18.2 Å². The number of ether oxygens (including phenoxy) is 1. The van der Waals surface area contributed by atoms with Gasteiger partial charge in [-0.05, 0) is 57.6 Å². The van der Waals surface area contributed by atoms with Gasteiger partial charge in [-0.15, -0.1) is 0 Å². The normalized spacial score (nSPS) is 20.2. The van der Waals surface area contributed by atoms with Crippen LogP contribution in [-0.4, -0.2) is 44.2 Å². The molecule has 5 heteroatoms. The molecule has 1 aromatic carbocycles. The van der Waals surface area contributed by atoms with Gasteiger partial charge >= 0.3 is 5.97 Å². The van der Waals surface area contributed by atoms with E-state index in [1.165, 1.54) is 13.5 Å². The highest BCUT2D eigenvalue weighted by atomic mass is 35.5. The van der Waals surface area contributed by atoms with Crippen molar-refractivity contribution in [1.82, 2.24) is 4.90 Å². The predicted octanol–water partition coefficient (Wildman–Crippen LogP) is 3.02. The number of esters is 1. The second-order valence-electron chi connectivity index (χ2n) is 5.26. The van der Waals surface area contributed by atoms with Crippen molar-refractivity contribution in [3.63, 3.8) is 0 Å². The Hall–Kier alpha value is -1.26. The molecule has 110 valence electrons. The highest BCUT2D eigenvalue weighted by molar-refractivity contribution is 6.33. The molecule has 1 aromatic rings. The first-order chi connectivity index (χ1) is 9.60. The highest BCUT2D eigenvalue weighted by Gasteiger charge is 2.16. The first kappa shape index (κ1) is 15.1. The third kappa shape index (κ3) is 3.87. The van der Waals surface area contributed by atoms with Crippen LogP contribution in [0.25, 0.3) is 0 Å². The molecule has 1 heterocycles. The Labute approximate surface area is 125 Å². The maximum atomic E-state index is 11.6. The van der Waals surface area contributed by atoms with Gasteiger partial charge in [0.25, 0.3) is 0 Å². The molecule has 0 aromatic heterocycles. The maximum Gasteiger partial charge on any atom is 0.339 e. The average molecular weight is 297 g/mol. The quantitative estimate of drug-likeness (QED) is 0.871. The third-order valence-electron chi connectivity index (χ3n) is 3.69. The summed E-state index contributed by atoms with van der Waals surface area (Å²) in [6, 6.07) is 5.84. The minimum Gasteiger partial charge on any atom is -0.465 e. The number of rotatable bonds is 3. The summed E-state index contributed by atoms with van der Waals surface area (Å²) in [4.78, 5) is 14.0. The van der Waals surface area contributed by atoms with Gasteiger partial charge in [0, 0.05) is 11.7 Å². The molecule has 4 nitrogen and oxygen atoms in total. The summed E-state index contributed by atoms with van der Waals surface area (Å²) < 4.78 is 4.74. The number of benzene rings is 1. The first-order valence-electron chi connectivity index (χ1n) is 6.93. The number of anilines is 1. The number of halogens is 1. The molecule has 0 bridgehead atoms. The molecule has 1 atom stereocenters. The van der Waals surface area contributed by atoms with Crippen LogP contribution in [0.4, 0.5) is 5.69 Å². The Balaban J connectivity index is 2.07. The van der Waals surface area contributed by atoms with E-state index in [9.17, 15) is 4.79 Å². The number of carbonyl (C=O) groups excluding carboxylic acids is 1. The van der Waals surface area contributed by atoms with Crippen LogP contribution in [0.2, 0.25) is 5.02 Å². The molecule has 1 aliphatic heterocycles. The molecule has 1 aliphatic rings. The molecular formula is C15H21ClN2O2. The van der Waals surface area contributed by atoms with Gasteiger partial charge in [0.15, 0.2) is 0 Å². The fraction of sp³-hybridized carbons (Fsp3) is 0.533. The highest BCUT2D eigenvalue weighted by Crippen LogP contribution is 2.23. The van der Waals surface area contributed by atoms with E-state index in [2.05, 4.69) is 17.3 Å². The van der Waals surface area contributed by atoms with Crippen LogP contribution in [0, 0.1) is 0 Å². The van der Waals surface area contributed by atoms with Gasteiger partial charge in [0.1, 0.15) is 0 Å². The van der Waals surface area contributed by atoms with E-state index in [4.69, 9.17) is 16.3 Å². The van der Waals surface area contributed by atoms with Gasteiger partial charge in [-0.25, -0.2) is 4.79 Å². The van der Waals surface area contributed by atoms with Crippen LogP contribution in [0.3, 0.4) is 0 Å². The lowest BCUT2D eigenvalue weighted by Crippen LogP contribution is -2.23. The smallest absolute Gasteiger partial charge is 0.339 e. The minimum atomic E-state index is -0.403. The Morgan fingerprint density at radius 2 is 2.20 bits per heavy atom. The SMILES string of the molecule is COC(=O)c1cc(NC2CCCN(C)CC2)ccc1Cl. The van der Waals surface area contributed by atoms with E-state index in [-0.39, 0.29) is 0 Å². The number of carbonyl (C=O) groups is 1. The third-order valence-corrected chi connectivity index (χ3v) is 4.02. The molecule has 20 heavy (non-hydrogen) atoms. The standard InChI is InChI=1S/C15H21ClN2O2/c1-18-8-3-4-11(7-9-18)17-12-5-6-14(16)13(10-12)15(19)20-2/h5-6,10-11,17H,3-4,7-9H2,1-2H3. The Bertz CT molecular complexity index is 479. The molecule has 1 fully saturated rings. The van der Waals surface area contributed by atoms with Crippen molar-refractivity contribution in [1.29, 1.82) is 0 Å². The van der Waals surface area contributed by atoms with E-state index < -0.39 is 5.97 Å². The zero-order valence-corrected chi connectivity index (χ0v) is 12.7. The average Bonchev–Trinajstić information content (AvgIpc) is 2.65. The summed E-state index contributed by atoms with van der Waals surface area (Å²) >= 11 is 6.02. The number of methoxy groups -OCH3 is 1. The topological polar surface area (TPSA) is 41.6 Å². The van der Waals surface area contributed by atoms with E-state index in [1.807, 2.05) is 6.07 Å². The summed E-state index contributed by atoms with van der Waals surface area (Å²) in [5.41, 5.74) is 1.33. The first-order valence-corrected chi connectivity index (χ1v) is 7.31. The van der Waals surface area contributed by atoms with Crippen LogP contribution in [0.5, 0.6) is 0 Å². The van der Waals surface area contributed by atoms with Crippen LogP contribution in [0.1, 0.15) is 29.6 Å². The van der Waals surface area contributed by atoms with Gasteiger partial charge in [-0.2, -0.15) is 0 Å². The van der Waals surface area contributed by atoms with Gasteiger partial charge in [-0.1, -0.05) is 11.6 Å². The molecule has 1 N–H and O–H groups in total. The fourth-order valence-corrected chi connectivity index (χ4v) is 2.70. The van der Waals surface area contributed by atoms with Crippen LogP contribution >= 0.6 is 11.6 Å². The summed E-state index contributed by atoms with van der Waals surface area (Å²) in [6.07, 6.45) is 3.43. The molecule has 2 rings (SSSR count). The van der Waals surface area contributed by atoms with Gasteiger partial charge < -0.3 is 15.0 Å². The maximum absolute atomic E-state index is 11.6. The monoisotopic (exact) mass is 296 g/mol. The molecule has 0 aliphatic carbocycles. The molecule has 0 spiro atoms. The Morgan fingerprint density at radius 3 is 2.95 bits per heavy atom. The molecular weight excluding hydrogens is 276 g/mol. The van der Waals surface area contributed by atoms with E-state index in [1.54, 1.807) is 12.1 Å². The van der Waals surface area contributed by atoms with Gasteiger partial charge in [-0.3, -0.25) is 0 Å². The number of nitrogens with one attached hydrogen (secondary N) is 1. The second-order valence-corrected chi connectivity index (χ2v) is 5.67. The molecule has 0 saturated carbocycles. The fourth-order valence-electron chi connectivity index (χ4n) is 2.50. The van der Waals surface area contributed by atoms with E-state index in [0.717, 1.165) is 31.6 Å². The zero-order chi connectivity index (χ0) is 14.5. The molecule has 1 unspecified atom stereocenters. The summed E-state index contributed by atoms with van der Waals surface area (Å²) in [5.74, 6) is -0.403. The Kier molecular flexibility index (Phi) is 5.26. The number of likely N-dealkylation sites (tertiary alicyclic amines) is 1. The van der Waals surface area contributed by atoms with Crippen molar-refractivity contribution in [2.45, 2.75) is 25.3 Å². The van der Waals surface area contributed by atoms with Crippen molar-refractivity contribution in [3.05, 3.63) is 28.8 Å². The zero-order valence-electron chi connectivity index (χ0n) is 12.0. The van der Waals surface area contributed by atoms with Crippen LogP contribution < -0.4 is 5.32 Å². The predicted molar refractivity (Wildman–Crippen MR) is 81.6 cm³/mol. The van der Waals surface area contributed by atoms with Gasteiger partial charge in [0.05, 0.1) is 17.7 Å². The van der Waals surface area contributed by atoms with Crippen LogP contribution in [-0.2, 0) is 4.74 Å². The van der Waals surface area contributed by atoms with Crippen molar-refractivity contribution >= 4 is 23.3 Å². The lowest BCUT2D eigenvalue weighted by Gasteiger charge is -2.18. The lowest BCUT2D eigenvalue weighted by molar-refractivity contribution is 0.0601. The largest absolute Gasteiger partial charge is 0.465 e. The van der Waals surface area contributed by atoms with Gasteiger partial charge in [0.2, 0.25) is 0 Å². The van der Waals surface area contributed by atoms with Crippen molar-refractivity contribution < 1.29 is 9.53 Å². The molecule has 0 radical (unpaired) electrons. The molecule has 1 saturated heterocycles. The number of hydrogen-bond acceptors (Lipinski definition) is 4. The summed E-state index contributed by atoms with van der Waals surface area (Å²) in [6.45, 7) is 2.24. The van der Waals surface area contributed by atoms with E-state index >= 15 is 0 Å². The molecule has 0 amide bonds.